The monoisotopic (exact) mass is 1080 g/mol. The average Bonchev–Trinajstić information content (AvgIpc) is 4.14. The van der Waals surface area contributed by atoms with E-state index in [-0.39, 0.29) is 55.1 Å². The van der Waals surface area contributed by atoms with E-state index in [9.17, 15) is 9.59 Å². The fourth-order valence-electron chi connectivity index (χ4n) is 9.22. The second-order valence-corrected chi connectivity index (χ2v) is 33.5. The summed E-state index contributed by atoms with van der Waals surface area (Å²) in [4.78, 5) is 59.0. The van der Waals surface area contributed by atoms with Crippen molar-refractivity contribution < 1.29 is 32.5 Å². The van der Waals surface area contributed by atoms with Crippen LogP contribution in [0.1, 0.15) is 60.9 Å². The van der Waals surface area contributed by atoms with Crippen molar-refractivity contribution in [1.29, 1.82) is 0 Å². The predicted octanol–water partition coefficient (Wildman–Crippen LogP) is 7.99. The topological polar surface area (TPSA) is 198 Å². The number of ether oxygens (including phenoxy) is 2. The Balaban J connectivity index is 1.03. The van der Waals surface area contributed by atoms with Crippen LogP contribution in [0.3, 0.4) is 0 Å². The number of nitrogens with zero attached hydrogens (tertiary/aromatic N) is 10. The fourth-order valence-corrected chi connectivity index (χ4v) is 14.4. The minimum Gasteiger partial charge on any atom is -0.408 e. The minimum atomic E-state index is -2.88. The van der Waals surface area contributed by atoms with Crippen LogP contribution in [0, 0.1) is 5.92 Å². The van der Waals surface area contributed by atoms with Gasteiger partial charge in [0.2, 0.25) is 0 Å². The van der Waals surface area contributed by atoms with E-state index in [0.717, 1.165) is 0 Å². The lowest BCUT2D eigenvalue weighted by Gasteiger charge is -2.41. The maximum atomic E-state index is 14.0. The first kappa shape index (κ1) is 53.0. The Labute approximate surface area is 436 Å². The maximum absolute atomic E-state index is 14.0. The number of carbonyl (C=O) groups is 2. The molecule has 73 heavy (non-hydrogen) atoms. The van der Waals surface area contributed by atoms with Crippen molar-refractivity contribution in [3.05, 3.63) is 122 Å². The molecule has 10 atom stereocenters. The van der Waals surface area contributed by atoms with E-state index in [1.807, 2.05) is 58.9 Å². The molecule has 2 aromatic carbocycles. The molecule has 4 aromatic heterocycles. The Morgan fingerprint density at radius 1 is 0.740 bits per heavy atom. The molecule has 0 saturated carbocycles. The molecule has 3 saturated heterocycles. The summed E-state index contributed by atoms with van der Waals surface area (Å²) in [7, 11) is -2.56. The van der Waals surface area contributed by atoms with E-state index in [0.29, 0.717) is 45.1 Å². The van der Waals surface area contributed by atoms with Gasteiger partial charge in [-0.2, -0.15) is 0 Å². The van der Waals surface area contributed by atoms with Crippen LogP contribution >= 0.6 is 12.8 Å². The number of imidazole rings is 2. The Hall–Kier alpha value is -4.80. The first-order valence-corrected chi connectivity index (χ1v) is 33.3. The highest BCUT2D eigenvalue weighted by Crippen LogP contribution is 2.51. The molecule has 386 valence electrons. The smallest absolute Gasteiger partial charge is 0.259 e. The van der Waals surface area contributed by atoms with Gasteiger partial charge in [-0.15, -0.1) is 13.2 Å². The second-order valence-electron chi connectivity index (χ2n) is 20.1. The molecular weight excluding hydrogens is 1020 g/mol. The molecule has 0 radical (unpaired) electrons. The standard InChI is InChI=1S/C49H62N12O7P2S2Si/c1-11-23-58(45(62)32-19-15-13-16-20-32)41-38-43(52-27-50-41)60(29-54-38)47-31(3)36-34(66-47)25-64-70(8,72)57-37-35(26-65-69(7,71)56-36)67-48(40(37)68-73(9,10)49(4,5)6)61-30-55-39-42(51-28-53-44(39)61)59(24-12-2)46(63)33-21-17-14-18-22-33/h11-22,27-31,34-37,40,47-48H,1-2,23-26H2,3-10H3,(H,56,71)(H,57,72)/t31?,34-,35-,36+,37-,40-,47-,48-,69?,70?/m1/s1. The summed E-state index contributed by atoms with van der Waals surface area (Å²) in [5.41, 5.74) is 2.76. The SMILES string of the molecule is C=CCN(C(=O)c1ccccc1)c1ncnc2c1ncn2[C@@H]1O[C@@H]2COP(C)(=S)N[C@H]3[C@@H](O[Si](C)(C)C(C)(C)C)[C@H](n4cnc5c(N(CC=C)C(=O)c6ccccc6)ncnc54)O[C@@H]3COP(C)(=S)N[C@H]2C1C. The molecule has 0 bridgehead atoms. The van der Waals surface area contributed by atoms with Crippen molar-refractivity contribution in [2.24, 2.45) is 5.92 Å². The van der Waals surface area contributed by atoms with Crippen molar-refractivity contribution in [2.45, 2.75) is 88.7 Å². The molecule has 3 unspecified atom stereocenters. The normalized spacial score (nSPS) is 27.9. The molecule has 3 fully saturated rings. The van der Waals surface area contributed by atoms with E-state index in [2.05, 4.69) is 79.1 Å². The Morgan fingerprint density at radius 2 is 1.18 bits per heavy atom. The van der Waals surface area contributed by atoms with Crippen LogP contribution in [-0.2, 0) is 46.6 Å². The zero-order valence-corrected chi connectivity index (χ0v) is 46.6. The number of anilines is 2. The third-order valence-electron chi connectivity index (χ3n) is 13.9. The number of fused-ring (bicyclic) bond motifs is 4. The zero-order chi connectivity index (χ0) is 52.0. The first-order chi connectivity index (χ1) is 34.7. The summed E-state index contributed by atoms with van der Waals surface area (Å²) in [6, 6.07) is 17.1. The van der Waals surface area contributed by atoms with Crippen LogP contribution in [0.2, 0.25) is 18.1 Å². The molecule has 19 nitrogen and oxygen atoms in total. The lowest BCUT2D eigenvalue weighted by molar-refractivity contribution is -0.0426. The van der Waals surface area contributed by atoms with Gasteiger partial charge in [-0.3, -0.25) is 38.7 Å². The highest BCUT2D eigenvalue weighted by Gasteiger charge is 2.53. The molecule has 2 N–H and O–H groups in total. The van der Waals surface area contributed by atoms with Crippen molar-refractivity contribution in [3.63, 3.8) is 0 Å². The van der Waals surface area contributed by atoms with Gasteiger partial charge in [-0.25, -0.2) is 29.9 Å². The highest BCUT2D eigenvalue weighted by atomic mass is 32.5. The van der Waals surface area contributed by atoms with Gasteiger partial charge in [-0.05, 0) is 42.4 Å². The largest absolute Gasteiger partial charge is 0.408 e. The zero-order valence-electron chi connectivity index (χ0n) is 42.1. The number of nitrogens with one attached hydrogen (secondary N) is 2. The number of rotatable bonds is 12. The summed E-state index contributed by atoms with van der Waals surface area (Å²) in [5.74, 6) is -0.0462. The van der Waals surface area contributed by atoms with Gasteiger partial charge in [-0.1, -0.05) is 99.9 Å². The molecule has 0 aliphatic carbocycles. The van der Waals surface area contributed by atoms with Crippen LogP contribution < -0.4 is 20.0 Å². The van der Waals surface area contributed by atoms with E-state index < -0.39 is 58.0 Å². The number of carbonyl (C=O) groups excluding carboxylic acids is 2. The molecule has 7 heterocycles. The van der Waals surface area contributed by atoms with Crippen molar-refractivity contribution in [2.75, 3.05) is 49.4 Å². The molecular formula is C49H62N12O7P2S2Si. The molecule has 24 heteroatoms. The Kier molecular flexibility index (Phi) is 15.3. The number of aromatic nitrogens is 8. The highest BCUT2D eigenvalue weighted by molar-refractivity contribution is 8.11. The Bertz CT molecular complexity index is 3130. The van der Waals surface area contributed by atoms with E-state index in [1.165, 1.54) is 22.5 Å². The van der Waals surface area contributed by atoms with Gasteiger partial charge in [0.1, 0.15) is 43.9 Å². The van der Waals surface area contributed by atoms with Crippen LogP contribution in [-0.4, -0.2) is 129 Å². The van der Waals surface area contributed by atoms with E-state index in [1.54, 1.807) is 49.1 Å². The summed E-state index contributed by atoms with van der Waals surface area (Å²) < 4.78 is 38.7. The third kappa shape index (κ3) is 10.7. The summed E-state index contributed by atoms with van der Waals surface area (Å²) in [6.45, 7) is 25.2. The molecule has 9 rings (SSSR count). The van der Waals surface area contributed by atoms with E-state index >= 15 is 0 Å². The summed E-state index contributed by atoms with van der Waals surface area (Å²) >= 11 is 12.7. The molecule has 6 aromatic rings. The van der Waals surface area contributed by atoms with Gasteiger partial charge >= 0.3 is 0 Å². The number of amides is 2. The molecule has 0 spiro atoms. The van der Waals surface area contributed by atoms with Crippen LogP contribution in [0.5, 0.6) is 0 Å². The van der Waals surface area contributed by atoms with Gasteiger partial charge < -0.3 is 22.9 Å². The lowest BCUT2D eigenvalue weighted by Crippen LogP contribution is -2.52. The second kappa shape index (κ2) is 21.1. The molecule has 3 aliphatic rings. The summed E-state index contributed by atoms with van der Waals surface area (Å²) in [5, 5.41) is 7.26. The Morgan fingerprint density at radius 3 is 1.64 bits per heavy atom. The number of benzene rings is 2. The van der Waals surface area contributed by atoms with Crippen molar-refractivity contribution >= 4 is 90.5 Å². The van der Waals surface area contributed by atoms with Crippen molar-refractivity contribution in [1.82, 2.24) is 49.2 Å². The van der Waals surface area contributed by atoms with Crippen LogP contribution in [0.15, 0.2) is 111 Å². The van der Waals surface area contributed by atoms with Crippen LogP contribution in [0.25, 0.3) is 22.3 Å². The first-order valence-electron chi connectivity index (χ1n) is 24.0. The van der Waals surface area contributed by atoms with Gasteiger partial charge in [0.05, 0.1) is 38.0 Å². The number of hydrogen-bond donors (Lipinski definition) is 2. The third-order valence-corrected chi connectivity index (χ3v) is 22.5. The molecule has 3 aliphatic heterocycles. The number of hydrogen-bond acceptors (Lipinski definition) is 15. The van der Waals surface area contributed by atoms with Gasteiger partial charge in [0, 0.05) is 49.5 Å². The average molecular weight is 1090 g/mol. The van der Waals surface area contributed by atoms with Crippen LogP contribution in [0.4, 0.5) is 11.6 Å². The van der Waals surface area contributed by atoms with Gasteiger partial charge in [0.15, 0.2) is 48.5 Å². The quantitative estimate of drug-likeness (QED) is 0.0678. The van der Waals surface area contributed by atoms with Crippen molar-refractivity contribution in [3.8, 4) is 0 Å². The summed E-state index contributed by atoms with van der Waals surface area (Å²) in [6.07, 6.45) is 0.581. The minimum absolute atomic E-state index is 0.0814. The van der Waals surface area contributed by atoms with Gasteiger partial charge in [0.25, 0.3) is 11.8 Å². The van der Waals surface area contributed by atoms with E-state index in [4.69, 9.17) is 61.5 Å². The predicted molar refractivity (Wildman–Crippen MR) is 293 cm³/mol. The maximum Gasteiger partial charge on any atom is 0.259 e. The molecule has 2 amide bonds. The lowest BCUT2D eigenvalue weighted by atomic mass is 10.00. The fraction of sp³-hybridized carbons (Fsp3) is 0.429.